The van der Waals surface area contributed by atoms with Crippen LogP contribution in [0.1, 0.15) is 24.0 Å². The van der Waals surface area contributed by atoms with E-state index < -0.39 is 15.0 Å². The summed E-state index contributed by atoms with van der Waals surface area (Å²) >= 11 is 3.32. The zero-order valence-electron chi connectivity index (χ0n) is 12.0. The van der Waals surface area contributed by atoms with E-state index in [1.807, 2.05) is 13.0 Å². The number of hydrogen-bond acceptors (Lipinski definition) is 5. The average molecular weight is 398 g/mol. The molecule has 0 heterocycles. The Hall–Kier alpha value is -1.93. The van der Waals surface area contributed by atoms with Crippen molar-refractivity contribution in [3.8, 4) is 5.75 Å². The second kappa shape index (κ2) is 5.61. The first-order valence-corrected chi connectivity index (χ1v) is 9.00. The van der Waals surface area contributed by atoms with Crippen molar-refractivity contribution in [1.82, 2.24) is 0 Å². The average Bonchev–Trinajstić information content (AvgIpc) is 2.49. The second-order valence-corrected chi connectivity index (χ2v) is 7.74. The maximum absolute atomic E-state index is 12.4. The van der Waals surface area contributed by atoms with E-state index in [2.05, 4.69) is 15.9 Å². The molecule has 1 atom stereocenters. The van der Waals surface area contributed by atoms with Gasteiger partial charge in [-0.15, -0.1) is 0 Å². The first-order valence-electron chi connectivity index (χ1n) is 6.80. The van der Waals surface area contributed by atoms with E-state index in [1.54, 1.807) is 6.07 Å². The van der Waals surface area contributed by atoms with Crippen LogP contribution in [0, 0.1) is 10.1 Å². The van der Waals surface area contributed by atoms with Gasteiger partial charge in [-0.3, -0.25) is 10.1 Å². The zero-order valence-corrected chi connectivity index (χ0v) is 14.4. The van der Waals surface area contributed by atoms with Crippen LogP contribution < -0.4 is 4.18 Å². The lowest BCUT2D eigenvalue weighted by Gasteiger charge is -2.29. The quantitative estimate of drug-likeness (QED) is 0.444. The minimum Gasteiger partial charge on any atom is -0.377 e. The lowest BCUT2D eigenvalue weighted by molar-refractivity contribution is -0.384. The third kappa shape index (κ3) is 2.84. The van der Waals surface area contributed by atoms with Crippen LogP contribution in [0.4, 0.5) is 5.69 Å². The summed E-state index contributed by atoms with van der Waals surface area (Å²) in [6, 6.07) is 8.30. The molecule has 0 amide bonds. The van der Waals surface area contributed by atoms with Gasteiger partial charge in [0, 0.05) is 17.7 Å². The number of nitro groups is 1. The smallest absolute Gasteiger partial charge is 0.339 e. The molecule has 0 spiro atoms. The summed E-state index contributed by atoms with van der Waals surface area (Å²) in [6.07, 6.45) is 0.885. The highest BCUT2D eigenvalue weighted by Crippen LogP contribution is 2.45. The zero-order chi connectivity index (χ0) is 16.8. The van der Waals surface area contributed by atoms with Crippen molar-refractivity contribution in [3.05, 3.63) is 62.1 Å². The Morgan fingerprint density at radius 1 is 1.22 bits per heavy atom. The topological polar surface area (TPSA) is 86.5 Å². The van der Waals surface area contributed by atoms with Gasteiger partial charge in [-0.25, -0.2) is 0 Å². The minimum absolute atomic E-state index is 0.125. The molecule has 3 rings (SSSR count). The molecule has 0 saturated heterocycles. The van der Waals surface area contributed by atoms with Crippen molar-refractivity contribution in [2.45, 2.75) is 24.2 Å². The van der Waals surface area contributed by atoms with Crippen LogP contribution in [0.2, 0.25) is 0 Å². The maximum Gasteiger partial charge on any atom is 0.339 e. The molecule has 0 radical (unpaired) electrons. The summed E-state index contributed by atoms with van der Waals surface area (Å²) < 4.78 is 30.7. The van der Waals surface area contributed by atoms with Gasteiger partial charge in [0.05, 0.1) is 9.40 Å². The molecule has 0 aromatic heterocycles. The van der Waals surface area contributed by atoms with Crippen molar-refractivity contribution in [1.29, 1.82) is 0 Å². The van der Waals surface area contributed by atoms with Gasteiger partial charge in [-0.05, 0) is 52.0 Å². The number of nitrogens with zero attached hydrogens (tertiary/aromatic N) is 1. The molecular formula is C15H12BrNO5S. The van der Waals surface area contributed by atoms with E-state index in [1.165, 1.54) is 12.1 Å². The van der Waals surface area contributed by atoms with Gasteiger partial charge in [-0.1, -0.05) is 13.0 Å². The molecule has 0 unspecified atom stereocenters. The minimum atomic E-state index is -4.06. The molecule has 1 aliphatic rings. The van der Waals surface area contributed by atoms with Crippen molar-refractivity contribution >= 4 is 31.7 Å². The molecule has 0 aliphatic heterocycles. The van der Waals surface area contributed by atoms with E-state index >= 15 is 0 Å². The second-order valence-electron chi connectivity index (χ2n) is 5.34. The molecule has 1 aliphatic carbocycles. The monoisotopic (exact) mass is 397 g/mol. The van der Waals surface area contributed by atoms with Gasteiger partial charge in [0.15, 0.2) is 5.75 Å². The fraction of sp³-hybridized carbons (Fsp3) is 0.200. The Morgan fingerprint density at radius 3 is 2.43 bits per heavy atom. The van der Waals surface area contributed by atoms with Gasteiger partial charge < -0.3 is 4.18 Å². The normalized spacial score (nSPS) is 16.3. The predicted molar refractivity (Wildman–Crippen MR) is 87.2 cm³/mol. The maximum atomic E-state index is 12.4. The van der Waals surface area contributed by atoms with Crippen LogP contribution in [0.5, 0.6) is 5.75 Å². The predicted octanol–water partition coefficient (Wildman–Crippen LogP) is 3.78. The Kier molecular flexibility index (Phi) is 3.89. The number of rotatable bonds is 4. The molecule has 0 N–H and O–H groups in total. The number of fused-ring (bicyclic) bond motifs is 1. The molecule has 0 saturated carbocycles. The largest absolute Gasteiger partial charge is 0.377 e. The summed E-state index contributed by atoms with van der Waals surface area (Å²) in [5, 5.41) is 10.6. The van der Waals surface area contributed by atoms with Gasteiger partial charge in [-0.2, -0.15) is 8.42 Å². The van der Waals surface area contributed by atoms with Crippen LogP contribution in [0.3, 0.4) is 0 Å². The summed E-state index contributed by atoms with van der Waals surface area (Å²) in [5.41, 5.74) is 1.77. The van der Waals surface area contributed by atoms with Crippen LogP contribution in [0.15, 0.2) is 45.8 Å². The summed E-state index contributed by atoms with van der Waals surface area (Å²) in [5.74, 6) is 0.518. The molecular weight excluding hydrogens is 386 g/mol. The van der Waals surface area contributed by atoms with Crippen LogP contribution in [-0.4, -0.2) is 13.3 Å². The van der Waals surface area contributed by atoms with Crippen LogP contribution >= 0.6 is 15.9 Å². The Balaban J connectivity index is 1.96. The Labute approximate surface area is 141 Å². The van der Waals surface area contributed by atoms with E-state index in [0.717, 1.165) is 29.7 Å². The van der Waals surface area contributed by atoms with Crippen molar-refractivity contribution in [2.75, 3.05) is 0 Å². The molecule has 6 nitrogen and oxygen atoms in total. The summed E-state index contributed by atoms with van der Waals surface area (Å²) in [6.45, 7) is 2.00. The first-order chi connectivity index (χ1) is 10.8. The lowest BCUT2D eigenvalue weighted by Crippen LogP contribution is -2.19. The Morgan fingerprint density at radius 2 is 1.87 bits per heavy atom. The van der Waals surface area contributed by atoms with Crippen molar-refractivity contribution < 1.29 is 17.5 Å². The summed E-state index contributed by atoms with van der Waals surface area (Å²) in [4.78, 5) is 9.93. The Bertz CT molecular complexity index is 893. The summed E-state index contributed by atoms with van der Waals surface area (Å²) in [7, 11) is -4.06. The van der Waals surface area contributed by atoms with E-state index in [4.69, 9.17) is 4.18 Å². The molecule has 2 aromatic carbocycles. The van der Waals surface area contributed by atoms with E-state index in [0.29, 0.717) is 10.2 Å². The van der Waals surface area contributed by atoms with Crippen LogP contribution in [0.25, 0.3) is 0 Å². The molecule has 0 bridgehead atoms. The fourth-order valence-corrected chi connectivity index (χ4v) is 4.11. The third-order valence-corrected chi connectivity index (χ3v) is 5.65. The number of hydrogen-bond donors (Lipinski definition) is 0. The first kappa shape index (κ1) is 15.9. The van der Waals surface area contributed by atoms with Gasteiger partial charge in [0.2, 0.25) is 0 Å². The number of halogens is 1. The standard InChI is InChI=1S/C15H12BrNO5S/c1-9-8-10-2-7-13(16)15(14(9)10)22-23(20,21)12-5-3-11(4-6-12)17(18)19/h2-7,9H,8H2,1H3/t9-/m0/s1. The highest BCUT2D eigenvalue weighted by atomic mass is 79.9. The fourth-order valence-electron chi connectivity index (χ4n) is 2.61. The lowest BCUT2D eigenvalue weighted by atomic mass is 9.78. The van der Waals surface area contributed by atoms with Gasteiger partial charge in [0.1, 0.15) is 4.90 Å². The van der Waals surface area contributed by atoms with Gasteiger partial charge >= 0.3 is 10.1 Å². The third-order valence-electron chi connectivity index (χ3n) is 3.79. The molecule has 8 heteroatoms. The molecule has 23 heavy (non-hydrogen) atoms. The van der Waals surface area contributed by atoms with Gasteiger partial charge in [0.25, 0.3) is 5.69 Å². The highest BCUT2D eigenvalue weighted by molar-refractivity contribution is 9.10. The molecule has 2 aromatic rings. The highest BCUT2D eigenvalue weighted by Gasteiger charge is 2.30. The van der Waals surface area contributed by atoms with Crippen molar-refractivity contribution in [2.24, 2.45) is 0 Å². The number of non-ortho nitro benzene ring substituents is 1. The molecule has 120 valence electrons. The number of nitro benzene ring substituents is 1. The van der Waals surface area contributed by atoms with Crippen LogP contribution in [-0.2, 0) is 16.5 Å². The number of benzene rings is 2. The SMILES string of the molecule is C[C@H]1Cc2ccc(Br)c(OS(=O)(=O)c3ccc([N+](=O)[O-])cc3)c21. The van der Waals surface area contributed by atoms with E-state index in [9.17, 15) is 18.5 Å². The van der Waals surface area contributed by atoms with E-state index in [-0.39, 0.29) is 16.5 Å². The van der Waals surface area contributed by atoms with Crippen molar-refractivity contribution in [3.63, 3.8) is 0 Å². The molecule has 0 fully saturated rings.